The maximum Gasteiger partial charge on any atom is 0.225 e. The number of nitrogens with one attached hydrogen (secondary N) is 2. The van der Waals surface area contributed by atoms with Gasteiger partial charge in [0.15, 0.2) is 0 Å². The summed E-state index contributed by atoms with van der Waals surface area (Å²) in [5.41, 5.74) is 2.72. The molecule has 0 radical (unpaired) electrons. The summed E-state index contributed by atoms with van der Waals surface area (Å²) in [5.74, 6) is 0.840. The molecule has 1 aliphatic carbocycles. The Bertz CT molecular complexity index is 665. The molecule has 0 spiro atoms. The summed E-state index contributed by atoms with van der Waals surface area (Å²) in [7, 11) is 1.90. The third-order valence-corrected chi connectivity index (χ3v) is 4.40. The van der Waals surface area contributed by atoms with E-state index >= 15 is 0 Å². The third-order valence-electron chi connectivity index (χ3n) is 4.40. The molecule has 122 valence electrons. The quantitative estimate of drug-likeness (QED) is 0.806. The molecule has 0 fully saturated rings. The van der Waals surface area contributed by atoms with Crippen LogP contribution in [0.3, 0.4) is 0 Å². The van der Waals surface area contributed by atoms with E-state index in [1.165, 1.54) is 11.1 Å². The molecule has 5 nitrogen and oxygen atoms in total. The average Bonchev–Trinajstić information content (AvgIpc) is 3.02. The van der Waals surface area contributed by atoms with Crippen LogP contribution in [0.4, 0.5) is 5.82 Å². The summed E-state index contributed by atoms with van der Waals surface area (Å²) in [6, 6.07) is 10.6. The van der Waals surface area contributed by atoms with Gasteiger partial charge in [-0.2, -0.15) is 5.10 Å². The Hall–Kier alpha value is -2.14. The number of carbonyl (C=O) groups is 1. The van der Waals surface area contributed by atoms with Gasteiger partial charge >= 0.3 is 0 Å². The van der Waals surface area contributed by atoms with Gasteiger partial charge in [0.1, 0.15) is 5.82 Å². The highest BCUT2D eigenvalue weighted by Crippen LogP contribution is 2.34. The lowest BCUT2D eigenvalue weighted by Crippen LogP contribution is -2.22. The number of anilines is 1. The lowest BCUT2D eigenvalue weighted by Gasteiger charge is -2.27. The van der Waals surface area contributed by atoms with Crippen molar-refractivity contribution in [2.75, 3.05) is 18.9 Å². The molecule has 1 aromatic carbocycles. The first-order chi connectivity index (χ1) is 11.3. The van der Waals surface area contributed by atoms with E-state index in [0.717, 1.165) is 38.0 Å². The van der Waals surface area contributed by atoms with E-state index in [1.54, 1.807) is 6.20 Å². The first-order valence-electron chi connectivity index (χ1n) is 8.35. The SMILES string of the molecule is CNCCCC(=O)Nc1ccnn1C1CCCc2ccccc21. The predicted octanol–water partition coefficient (Wildman–Crippen LogP) is 2.75. The molecule has 1 amide bonds. The molecule has 2 aromatic rings. The van der Waals surface area contributed by atoms with Gasteiger partial charge in [0.25, 0.3) is 0 Å². The van der Waals surface area contributed by atoms with Crippen LogP contribution in [0.5, 0.6) is 0 Å². The summed E-state index contributed by atoms with van der Waals surface area (Å²) in [6.45, 7) is 0.850. The van der Waals surface area contributed by atoms with Gasteiger partial charge in [-0.25, -0.2) is 4.68 Å². The molecule has 1 aromatic heterocycles. The fourth-order valence-corrected chi connectivity index (χ4v) is 3.28. The Labute approximate surface area is 137 Å². The lowest BCUT2D eigenvalue weighted by molar-refractivity contribution is -0.116. The molecule has 0 aliphatic heterocycles. The highest BCUT2D eigenvalue weighted by molar-refractivity contribution is 5.89. The fraction of sp³-hybridized carbons (Fsp3) is 0.444. The number of amides is 1. The number of benzene rings is 1. The number of nitrogens with zero attached hydrogens (tertiary/aromatic N) is 2. The second-order valence-corrected chi connectivity index (χ2v) is 6.02. The van der Waals surface area contributed by atoms with Crippen molar-refractivity contribution in [3.05, 3.63) is 47.7 Å². The largest absolute Gasteiger partial charge is 0.320 e. The Kier molecular flexibility index (Phi) is 5.08. The minimum absolute atomic E-state index is 0.0473. The van der Waals surface area contributed by atoms with Crippen LogP contribution >= 0.6 is 0 Å². The maximum absolute atomic E-state index is 12.1. The van der Waals surface area contributed by atoms with E-state index in [2.05, 4.69) is 40.0 Å². The topological polar surface area (TPSA) is 59.0 Å². The zero-order valence-electron chi connectivity index (χ0n) is 13.6. The summed E-state index contributed by atoms with van der Waals surface area (Å²) < 4.78 is 1.97. The molecular weight excluding hydrogens is 288 g/mol. The van der Waals surface area contributed by atoms with Gasteiger partial charge in [0, 0.05) is 12.5 Å². The Balaban J connectivity index is 1.75. The first kappa shape index (κ1) is 15.7. The molecule has 0 saturated heterocycles. The second-order valence-electron chi connectivity index (χ2n) is 6.02. The van der Waals surface area contributed by atoms with Gasteiger partial charge in [-0.15, -0.1) is 0 Å². The van der Waals surface area contributed by atoms with Crippen molar-refractivity contribution in [2.24, 2.45) is 0 Å². The van der Waals surface area contributed by atoms with Crippen LogP contribution in [0.2, 0.25) is 0 Å². The minimum atomic E-state index is 0.0473. The number of aryl methyl sites for hydroxylation is 1. The zero-order valence-corrected chi connectivity index (χ0v) is 13.6. The van der Waals surface area contributed by atoms with Crippen molar-refractivity contribution in [3.8, 4) is 0 Å². The van der Waals surface area contributed by atoms with Gasteiger partial charge in [-0.1, -0.05) is 24.3 Å². The van der Waals surface area contributed by atoms with Gasteiger partial charge in [-0.05, 0) is 50.4 Å². The number of fused-ring (bicyclic) bond motifs is 1. The molecule has 1 atom stereocenters. The summed E-state index contributed by atoms with van der Waals surface area (Å²) in [4.78, 5) is 12.1. The van der Waals surface area contributed by atoms with Crippen LogP contribution in [0.15, 0.2) is 36.5 Å². The highest BCUT2D eigenvalue weighted by atomic mass is 16.1. The van der Waals surface area contributed by atoms with E-state index in [-0.39, 0.29) is 11.9 Å². The number of carbonyl (C=O) groups excluding carboxylic acids is 1. The molecule has 0 saturated carbocycles. The van der Waals surface area contributed by atoms with E-state index in [9.17, 15) is 4.79 Å². The smallest absolute Gasteiger partial charge is 0.225 e. The van der Waals surface area contributed by atoms with Crippen molar-refractivity contribution in [3.63, 3.8) is 0 Å². The molecular formula is C18H24N4O. The number of hydrogen-bond donors (Lipinski definition) is 2. The van der Waals surface area contributed by atoms with Crippen LogP contribution in [0, 0.1) is 0 Å². The Morgan fingerprint density at radius 2 is 2.22 bits per heavy atom. The predicted molar refractivity (Wildman–Crippen MR) is 91.5 cm³/mol. The van der Waals surface area contributed by atoms with Crippen molar-refractivity contribution in [1.82, 2.24) is 15.1 Å². The summed E-state index contributed by atoms with van der Waals surface area (Å²) >= 11 is 0. The molecule has 1 unspecified atom stereocenters. The zero-order chi connectivity index (χ0) is 16.1. The average molecular weight is 312 g/mol. The normalized spacial score (nSPS) is 16.8. The van der Waals surface area contributed by atoms with Crippen LogP contribution in [-0.4, -0.2) is 29.3 Å². The van der Waals surface area contributed by atoms with Gasteiger partial charge in [0.05, 0.1) is 12.2 Å². The molecule has 23 heavy (non-hydrogen) atoms. The van der Waals surface area contributed by atoms with E-state index in [0.29, 0.717) is 6.42 Å². The van der Waals surface area contributed by atoms with Gasteiger partial charge < -0.3 is 10.6 Å². The van der Waals surface area contributed by atoms with Crippen molar-refractivity contribution >= 4 is 11.7 Å². The maximum atomic E-state index is 12.1. The Morgan fingerprint density at radius 1 is 1.35 bits per heavy atom. The lowest BCUT2D eigenvalue weighted by atomic mass is 9.88. The fourth-order valence-electron chi connectivity index (χ4n) is 3.28. The number of hydrogen-bond acceptors (Lipinski definition) is 3. The van der Waals surface area contributed by atoms with Crippen LogP contribution in [0.1, 0.15) is 42.9 Å². The number of rotatable bonds is 6. The highest BCUT2D eigenvalue weighted by Gasteiger charge is 2.23. The van der Waals surface area contributed by atoms with E-state index in [4.69, 9.17) is 0 Å². The third kappa shape index (κ3) is 3.62. The molecule has 3 rings (SSSR count). The standard InChI is InChI=1S/C18H24N4O/c1-19-12-5-10-18(23)21-17-11-13-20-22(17)16-9-4-7-14-6-2-3-8-15(14)16/h2-3,6,8,11,13,16,19H,4-5,7,9-10,12H2,1H3,(H,21,23). The van der Waals surface area contributed by atoms with E-state index < -0.39 is 0 Å². The van der Waals surface area contributed by atoms with Gasteiger partial charge in [-0.3, -0.25) is 4.79 Å². The summed E-state index contributed by atoms with van der Waals surface area (Å²) in [6.07, 6.45) is 6.45. The van der Waals surface area contributed by atoms with E-state index in [1.807, 2.05) is 17.8 Å². The van der Waals surface area contributed by atoms with Crippen LogP contribution < -0.4 is 10.6 Å². The second kappa shape index (κ2) is 7.42. The summed E-state index contributed by atoms with van der Waals surface area (Å²) in [5, 5.41) is 10.5. The van der Waals surface area contributed by atoms with Crippen LogP contribution in [-0.2, 0) is 11.2 Å². The first-order valence-corrected chi connectivity index (χ1v) is 8.35. The van der Waals surface area contributed by atoms with Gasteiger partial charge in [0.2, 0.25) is 5.91 Å². The Morgan fingerprint density at radius 3 is 3.09 bits per heavy atom. The van der Waals surface area contributed by atoms with Crippen molar-refractivity contribution in [1.29, 1.82) is 0 Å². The van der Waals surface area contributed by atoms with Crippen molar-refractivity contribution in [2.45, 2.75) is 38.1 Å². The minimum Gasteiger partial charge on any atom is -0.320 e. The molecule has 1 aliphatic rings. The molecule has 2 N–H and O–H groups in total. The van der Waals surface area contributed by atoms with Crippen LogP contribution in [0.25, 0.3) is 0 Å². The number of aromatic nitrogens is 2. The van der Waals surface area contributed by atoms with Crippen molar-refractivity contribution < 1.29 is 4.79 Å². The molecule has 0 bridgehead atoms. The monoisotopic (exact) mass is 312 g/mol. The molecule has 1 heterocycles. The molecule has 5 heteroatoms.